The van der Waals surface area contributed by atoms with Gasteiger partial charge in [0.05, 0.1) is 6.61 Å². The number of nitrogens with zero attached hydrogens (tertiary/aromatic N) is 1. The Morgan fingerprint density at radius 3 is 2.61 bits per heavy atom. The maximum atomic E-state index is 5.87. The first kappa shape index (κ1) is 15.3. The Morgan fingerprint density at radius 1 is 1.11 bits per heavy atom. The molecule has 0 aromatic carbocycles. The van der Waals surface area contributed by atoms with Crippen molar-refractivity contribution in [1.29, 1.82) is 0 Å². The van der Waals surface area contributed by atoms with Crippen LogP contribution in [0.3, 0.4) is 0 Å². The van der Waals surface area contributed by atoms with Gasteiger partial charge in [0, 0.05) is 24.2 Å². The van der Waals surface area contributed by atoms with Crippen molar-refractivity contribution in [2.24, 2.45) is 0 Å². The zero-order valence-electron chi connectivity index (χ0n) is 11.2. The zero-order chi connectivity index (χ0) is 13.2. The molecule has 4 heteroatoms. The summed E-state index contributed by atoms with van der Waals surface area (Å²) in [5.74, 6) is 1.14. The first-order chi connectivity index (χ1) is 8.80. The smallest absolute Gasteiger partial charge is 0.213 e. The highest BCUT2D eigenvalue weighted by Gasteiger charge is 2.03. The molecule has 1 aromatic rings. The lowest BCUT2D eigenvalue weighted by Gasteiger charge is -2.09. The highest BCUT2D eigenvalue weighted by Crippen LogP contribution is 2.15. The molecule has 0 aliphatic rings. The van der Waals surface area contributed by atoms with E-state index in [0.29, 0.717) is 25.0 Å². The number of ether oxygens (including phenoxy) is 2. The van der Waals surface area contributed by atoms with Crippen LogP contribution in [0.15, 0.2) is 12.1 Å². The summed E-state index contributed by atoms with van der Waals surface area (Å²) in [6, 6.07) is 3.93. The van der Waals surface area contributed by atoms with Crippen LogP contribution in [-0.4, -0.2) is 24.8 Å². The van der Waals surface area contributed by atoms with Crippen LogP contribution >= 0.6 is 11.6 Å². The summed E-state index contributed by atoms with van der Waals surface area (Å²) in [6.07, 6.45) is 3.05. The van der Waals surface area contributed by atoms with E-state index >= 15 is 0 Å². The lowest BCUT2D eigenvalue weighted by Crippen LogP contribution is -2.08. The minimum absolute atomic E-state index is 0.488. The number of hydrogen-bond acceptors (Lipinski definition) is 3. The second-order valence-electron chi connectivity index (χ2n) is 4.15. The highest BCUT2D eigenvalue weighted by atomic mass is 35.5. The van der Waals surface area contributed by atoms with Crippen LogP contribution in [0, 0.1) is 0 Å². The molecule has 0 aliphatic carbocycles. The number of aromatic nitrogens is 1. The number of hydrogen-bond donors (Lipinski definition) is 0. The van der Waals surface area contributed by atoms with E-state index in [0.717, 1.165) is 37.1 Å². The lowest BCUT2D eigenvalue weighted by molar-refractivity contribution is 0.0989. The van der Waals surface area contributed by atoms with Gasteiger partial charge in [-0.15, -0.1) is 11.6 Å². The van der Waals surface area contributed by atoms with Crippen molar-refractivity contribution >= 4 is 11.6 Å². The quantitative estimate of drug-likeness (QED) is 0.508. The SMILES string of the molecule is CCCOCCOc1cc(CCl)cc(CCC)n1. The number of rotatable bonds is 9. The Bertz CT molecular complexity index is 345. The Kier molecular flexibility index (Phi) is 7.78. The van der Waals surface area contributed by atoms with E-state index in [4.69, 9.17) is 21.1 Å². The van der Waals surface area contributed by atoms with E-state index in [9.17, 15) is 0 Å². The van der Waals surface area contributed by atoms with Gasteiger partial charge in [-0.2, -0.15) is 0 Å². The van der Waals surface area contributed by atoms with Crippen molar-refractivity contribution in [3.05, 3.63) is 23.4 Å². The summed E-state index contributed by atoms with van der Waals surface area (Å²) in [6.45, 7) is 6.13. The van der Waals surface area contributed by atoms with Crippen LogP contribution in [0.25, 0.3) is 0 Å². The van der Waals surface area contributed by atoms with Crippen molar-refractivity contribution in [3.8, 4) is 5.88 Å². The minimum Gasteiger partial charge on any atom is -0.475 e. The predicted octanol–water partition coefficient (Wildman–Crippen LogP) is 3.58. The molecule has 0 N–H and O–H groups in total. The summed E-state index contributed by atoms with van der Waals surface area (Å²) in [4.78, 5) is 4.45. The molecule has 1 rings (SSSR count). The fraction of sp³-hybridized carbons (Fsp3) is 0.643. The van der Waals surface area contributed by atoms with Gasteiger partial charge in [-0.05, 0) is 24.5 Å². The minimum atomic E-state index is 0.488. The molecule has 3 nitrogen and oxygen atoms in total. The van der Waals surface area contributed by atoms with Crippen molar-refractivity contribution in [2.75, 3.05) is 19.8 Å². The number of pyridine rings is 1. The first-order valence-electron chi connectivity index (χ1n) is 6.56. The van der Waals surface area contributed by atoms with E-state index in [1.807, 2.05) is 12.1 Å². The fourth-order valence-electron chi connectivity index (χ4n) is 1.61. The van der Waals surface area contributed by atoms with Crippen LogP contribution in [-0.2, 0) is 17.0 Å². The maximum Gasteiger partial charge on any atom is 0.213 e. The molecular formula is C14H22ClNO2. The zero-order valence-corrected chi connectivity index (χ0v) is 12.0. The molecule has 0 saturated carbocycles. The topological polar surface area (TPSA) is 31.4 Å². The molecule has 0 amide bonds. The van der Waals surface area contributed by atoms with E-state index in [1.54, 1.807) is 0 Å². The molecule has 18 heavy (non-hydrogen) atoms. The Balaban J connectivity index is 2.50. The van der Waals surface area contributed by atoms with Crippen LogP contribution in [0.5, 0.6) is 5.88 Å². The van der Waals surface area contributed by atoms with Gasteiger partial charge in [0.2, 0.25) is 5.88 Å². The second kappa shape index (κ2) is 9.17. The summed E-state index contributed by atoms with van der Waals surface area (Å²) in [5.41, 5.74) is 2.10. The van der Waals surface area contributed by atoms with Gasteiger partial charge in [-0.25, -0.2) is 4.98 Å². The average Bonchev–Trinajstić information content (AvgIpc) is 2.38. The maximum absolute atomic E-state index is 5.87. The van der Waals surface area contributed by atoms with Crippen LogP contribution in [0.2, 0.25) is 0 Å². The molecule has 0 saturated heterocycles. The third kappa shape index (κ3) is 5.69. The van der Waals surface area contributed by atoms with Crippen molar-refractivity contribution in [2.45, 2.75) is 39.0 Å². The summed E-state index contributed by atoms with van der Waals surface area (Å²) < 4.78 is 10.9. The normalized spacial score (nSPS) is 10.6. The standard InChI is InChI=1S/C14H22ClNO2/c1-3-5-13-9-12(11-15)10-14(16-13)18-8-7-17-6-4-2/h9-10H,3-8,11H2,1-2H3. The molecule has 0 radical (unpaired) electrons. The third-order valence-electron chi connectivity index (χ3n) is 2.40. The van der Waals surface area contributed by atoms with Gasteiger partial charge in [-0.1, -0.05) is 20.3 Å². The van der Waals surface area contributed by atoms with Crippen LogP contribution in [0.1, 0.15) is 37.9 Å². The van der Waals surface area contributed by atoms with Crippen molar-refractivity contribution in [3.63, 3.8) is 0 Å². The first-order valence-corrected chi connectivity index (χ1v) is 7.10. The monoisotopic (exact) mass is 271 g/mol. The third-order valence-corrected chi connectivity index (χ3v) is 2.71. The molecule has 0 aliphatic heterocycles. The Morgan fingerprint density at radius 2 is 1.94 bits per heavy atom. The second-order valence-corrected chi connectivity index (χ2v) is 4.42. The fourth-order valence-corrected chi connectivity index (χ4v) is 1.76. The summed E-state index contributed by atoms with van der Waals surface area (Å²) in [7, 11) is 0. The molecule has 0 atom stereocenters. The molecule has 1 aromatic heterocycles. The van der Waals surface area contributed by atoms with Gasteiger partial charge in [0.1, 0.15) is 6.61 Å². The number of aryl methyl sites for hydroxylation is 1. The van der Waals surface area contributed by atoms with Gasteiger partial charge in [0.15, 0.2) is 0 Å². The largest absolute Gasteiger partial charge is 0.475 e. The average molecular weight is 272 g/mol. The van der Waals surface area contributed by atoms with E-state index in [1.165, 1.54) is 0 Å². The molecule has 0 unspecified atom stereocenters. The Hall–Kier alpha value is -0.800. The van der Waals surface area contributed by atoms with Gasteiger partial charge in [-0.3, -0.25) is 0 Å². The number of halogens is 1. The Labute approximate surface area is 114 Å². The van der Waals surface area contributed by atoms with E-state index in [2.05, 4.69) is 18.8 Å². The van der Waals surface area contributed by atoms with E-state index < -0.39 is 0 Å². The van der Waals surface area contributed by atoms with E-state index in [-0.39, 0.29) is 0 Å². The molecular weight excluding hydrogens is 250 g/mol. The molecule has 0 fully saturated rings. The molecule has 1 heterocycles. The summed E-state index contributed by atoms with van der Waals surface area (Å²) >= 11 is 5.87. The van der Waals surface area contributed by atoms with Crippen molar-refractivity contribution < 1.29 is 9.47 Å². The lowest BCUT2D eigenvalue weighted by atomic mass is 10.2. The van der Waals surface area contributed by atoms with Gasteiger partial charge < -0.3 is 9.47 Å². The van der Waals surface area contributed by atoms with Gasteiger partial charge in [0.25, 0.3) is 0 Å². The van der Waals surface area contributed by atoms with Crippen LogP contribution in [0.4, 0.5) is 0 Å². The number of alkyl halides is 1. The van der Waals surface area contributed by atoms with Gasteiger partial charge >= 0.3 is 0 Å². The van der Waals surface area contributed by atoms with Crippen LogP contribution < -0.4 is 4.74 Å². The molecule has 0 bridgehead atoms. The predicted molar refractivity (Wildman–Crippen MR) is 74.4 cm³/mol. The van der Waals surface area contributed by atoms with Crippen molar-refractivity contribution in [1.82, 2.24) is 4.98 Å². The molecule has 0 spiro atoms. The highest BCUT2D eigenvalue weighted by molar-refractivity contribution is 6.17. The summed E-state index contributed by atoms with van der Waals surface area (Å²) in [5, 5.41) is 0. The molecule has 102 valence electrons.